The molecule has 2 aromatic heterocycles. The van der Waals surface area contributed by atoms with Gasteiger partial charge in [0, 0.05) is 11.2 Å². The van der Waals surface area contributed by atoms with Crippen LogP contribution in [0.1, 0.15) is 31.0 Å². The van der Waals surface area contributed by atoms with Gasteiger partial charge in [0.05, 0.1) is 11.4 Å². The molecule has 112 valence electrons. The van der Waals surface area contributed by atoms with Crippen LogP contribution >= 0.6 is 11.6 Å². The van der Waals surface area contributed by atoms with Crippen molar-refractivity contribution in [1.82, 2.24) is 9.38 Å². The minimum Gasteiger partial charge on any atom is -0.283 e. The predicted octanol–water partition coefficient (Wildman–Crippen LogP) is 5.83. The number of azo groups is 1. The Hall–Kier alpha value is -2.20. The Bertz CT molecular complexity index is 849. The number of imidazole rings is 1. The maximum absolute atomic E-state index is 5.98. The fourth-order valence-electron chi connectivity index (χ4n) is 2.34. The number of hydrogen-bond acceptors (Lipinski definition) is 3. The molecule has 3 aromatic rings. The topological polar surface area (TPSA) is 42.0 Å². The molecule has 0 aliphatic rings. The second-order valence-electron chi connectivity index (χ2n) is 5.54. The molecule has 5 heteroatoms. The van der Waals surface area contributed by atoms with E-state index in [4.69, 9.17) is 16.6 Å². The summed E-state index contributed by atoms with van der Waals surface area (Å²) in [6.45, 7) is 6.26. The Balaban J connectivity index is 2.13. The van der Waals surface area contributed by atoms with E-state index in [0.717, 1.165) is 28.4 Å². The van der Waals surface area contributed by atoms with Crippen LogP contribution in [0, 0.1) is 6.92 Å². The van der Waals surface area contributed by atoms with Crippen molar-refractivity contribution in [3.8, 4) is 0 Å². The first-order valence-electron chi connectivity index (χ1n) is 7.21. The average Bonchev–Trinajstić information content (AvgIpc) is 2.86. The first-order chi connectivity index (χ1) is 10.6. The molecule has 4 nitrogen and oxygen atoms in total. The molecule has 0 N–H and O–H groups in total. The number of rotatable bonds is 3. The van der Waals surface area contributed by atoms with Crippen LogP contribution in [-0.4, -0.2) is 9.38 Å². The van der Waals surface area contributed by atoms with Gasteiger partial charge < -0.3 is 0 Å². The predicted molar refractivity (Wildman–Crippen MR) is 89.6 cm³/mol. The number of pyridine rings is 1. The Morgan fingerprint density at radius 1 is 1.14 bits per heavy atom. The summed E-state index contributed by atoms with van der Waals surface area (Å²) < 4.78 is 1.98. The van der Waals surface area contributed by atoms with Crippen molar-refractivity contribution < 1.29 is 0 Å². The summed E-state index contributed by atoms with van der Waals surface area (Å²) in [5, 5.41) is 9.39. The van der Waals surface area contributed by atoms with Crippen LogP contribution < -0.4 is 0 Å². The summed E-state index contributed by atoms with van der Waals surface area (Å²) in [6.07, 6.45) is 1.97. The molecule has 0 aliphatic heterocycles. The van der Waals surface area contributed by atoms with Gasteiger partial charge in [0.1, 0.15) is 5.65 Å². The average molecular weight is 313 g/mol. The third kappa shape index (κ3) is 2.74. The Morgan fingerprint density at radius 3 is 2.68 bits per heavy atom. The van der Waals surface area contributed by atoms with E-state index in [1.54, 1.807) is 6.07 Å². The van der Waals surface area contributed by atoms with Gasteiger partial charge in [-0.15, -0.1) is 10.2 Å². The molecule has 22 heavy (non-hydrogen) atoms. The minimum absolute atomic E-state index is 0.271. The molecule has 0 bridgehead atoms. The van der Waals surface area contributed by atoms with E-state index < -0.39 is 0 Å². The number of aryl methyl sites for hydroxylation is 1. The largest absolute Gasteiger partial charge is 0.283 e. The molecule has 0 saturated carbocycles. The fraction of sp³-hybridized carbons (Fsp3) is 0.235. The van der Waals surface area contributed by atoms with Crippen LogP contribution in [-0.2, 0) is 0 Å². The summed E-state index contributed by atoms with van der Waals surface area (Å²) in [5.41, 5.74) is 3.71. The first kappa shape index (κ1) is 14.7. The number of aromatic nitrogens is 2. The molecule has 3 rings (SSSR count). The number of halogens is 1. The normalized spacial score (nSPS) is 11.9. The van der Waals surface area contributed by atoms with Crippen LogP contribution in [0.15, 0.2) is 52.8 Å². The van der Waals surface area contributed by atoms with Crippen LogP contribution in [0.5, 0.6) is 0 Å². The Labute approximate surface area is 134 Å². The van der Waals surface area contributed by atoms with Gasteiger partial charge in [0.15, 0.2) is 5.82 Å². The molecular weight excluding hydrogens is 296 g/mol. The molecule has 0 fully saturated rings. The lowest BCUT2D eigenvalue weighted by molar-refractivity contribution is 0.831. The molecule has 0 amide bonds. The number of hydrogen-bond donors (Lipinski definition) is 0. The third-order valence-electron chi connectivity index (χ3n) is 3.46. The van der Waals surface area contributed by atoms with E-state index in [1.807, 2.05) is 47.9 Å². The highest BCUT2D eigenvalue weighted by molar-refractivity contribution is 6.30. The van der Waals surface area contributed by atoms with Crippen LogP contribution in [0.25, 0.3) is 5.65 Å². The summed E-state index contributed by atoms with van der Waals surface area (Å²) in [7, 11) is 0. The lowest BCUT2D eigenvalue weighted by Gasteiger charge is -2.01. The smallest absolute Gasteiger partial charge is 0.183 e. The summed E-state index contributed by atoms with van der Waals surface area (Å²) in [6, 6.07) is 11.4. The van der Waals surface area contributed by atoms with Gasteiger partial charge in [-0.2, -0.15) is 0 Å². The van der Waals surface area contributed by atoms with E-state index in [9.17, 15) is 0 Å². The highest BCUT2D eigenvalue weighted by Gasteiger charge is 2.15. The van der Waals surface area contributed by atoms with Gasteiger partial charge in [0.2, 0.25) is 0 Å². The van der Waals surface area contributed by atoms with Crippen molar-refractivity contribution in [3.05, 3.63) is 58.9 Å². The molecule has 0 spiro atoms. The minimum atomic E-state index is 0.271. The lowest BCUT2D eigenvalue weighted by Crippen LogP contribution is -1.87. The van der Waals surface area contributed by atoms with Crippen LogP contribution in [0.2, 0.25) is 5.02 Å². The van der Waals surface area contributed by atoms with E-state index in [-0.39, 0.29) is 5.92 Å². The molecule has 2 heterocycles. The highest BCUT2D eigenvalue weighted by atomic mass is 35.5. The third-order valence-corrected chi connectivity index (χ3v) is 3.70. The number of nitrogens with zero attached hydrogens (tertiary/aromatic N) is 4. The van der Waals surface area contributed by atoms with E-state index in [1.165, 1.54) is 0 Å². The summed E-state index contributed by atoms with van der Waals surface area (Å²) in [5.74, 6) is 1.04. The maximum atomic E-state index is 5.98. The van der Waals surface area contributed by atoms with Gasteiger partial charge in [-0.1, -0.05) is 37.6 Å². The van der Waals surface area contributed by atoms with Crippen molar-refractivity contribution in [3.63, 3.8) is 0 Å². The van der Waals surface area contributed by atoms with Gasteiger partial charge >= 0.3 is 0 Å². The van der Waals surface area contributed by atoms with Crippen molar-refractivity contribution in [2.24, 2.45) is 10.2 Å². The van der Waals surface area contributed by atoms with E-state index >= 15 is 0 Å². The molecule has 0 radical (unpaired) electrons. The SMILES string of the molecule is Cc1cccn2c(N=Nc3cccc(Cl)c3)c(C(C)C)nc12. The monoisotopic (exact) mass is 312 g/mol. The Morgan fingerprint density at radius 2 is 1.95 bits per heavy atom. The second kappa shape index (κ2) is 5.89. The maximum Gasteiger partial charge on any atom is 0.183 e. The Kier molecular flexibility index (Phi) is 3.94. The van der Waals surface area contributed by atoms with Crippen LogP contribution in [0.4, 0.5) is 11.5 Å². The van der Waals surface area contributed by atoms with Crippen molar-refractivity contribution >= 4 is 28.8 Å². The first-order valence-corrected chi connectivity index (χ1v) is 7.59. The molecule has 0 aliphatic carbocycles. The van der Waals surface area contributed by atoms with Gasteiger partial charge in [-0.05, 0) is 42.7 Å². The van der Waals surface area contributed by atoms with Crippen LogP contribution in [0.3, 0.4) is 0 Å². The zero-order valence-electron chi connectivity index (χ0n) is 12.8. The molecule has 1 aromatic carbocycles. The lowest BCUT2D eigenvalue weighted by atomic mass is 10.1. The molecule has 0 atom stereocenters. The second-order valence-corrected chi connectivity index (χ2v) is 5.98. The van der Waals surface area contributed by atoms with Gasteiger partial charge in [-0.25, -0.2) is 4.98 Å². The zero-order valence-corrected chi connectivity index (χ0v) is 13.5. The standard InChI is InChI=1S/C17H17ClN4/c1-11(2)15-17(21-20-14-8-4-7-13(18)10-14)22-9-5-6-12(3)16(22)19-15/h4-11H,1-3H3. The fourth-order valence-corrected chi connectivity index (χ4v) is 2.52. The van der Waals surface area contributed by atoms with E-state index in [2.05, 4.69) is 24.1 Å². The quantitative estimate of drug-likeness (QED) is 0.560. The highest BCUT2D eigenvalue weighted by Crippen LogP contribution is 2.30. The van der Waals surface area contributed by atoms with Crippen molar-refractivity contribution in [2.45, 2.75) is 26.7 Å². The van der Waals surface area contributed by atoms with Gasteiger partial charge in [0.25, 0.3) is 0 Å². The molecule has 0 saturated heterocycles. The summed E-state index contributed by atoms with van der Waals surface area (Å²) >= 11 is 5.98. The zero-order chi connectivity index (χ0) is 15.7. The van der Waals surface area contributed by atoms with Crippen molar-refractivity contribution in [2.75, 3.05) is 0 Å². The summed E-state index contributed by atoms with van der Waals surface area (Å²) in [4.78, 5) is 4.72. The number of benzene rings is 1. The molecule has 0 unspecified atom stereocenters. The number of fused-ring (bicyclic) bond motifs is 1. The molecular formula is C17H17ClN4. The van der Waals surface area contributed by atoms with Gasteiger partial charge in [-0.3, -0.25) is 4.40 Å². The van der Waals surface area contributed by atoms with Crippen molar-refractivity contribution in [1.29, 1.82) is 0 Å². The van der Waals surface area contributed by atoms with E-state index in [0.29, 0.717) is 5.02 Å².